The van der Waals surface area contributed by atoms with Gasteiger partial charge < -0.3 is 75.1 Å². The predicted molar refractivity (Wildman–Crippen MR) is 335 cm³/mol. The molecule has 0 saturated carbocycles. The lowest BCUT2D eigenvalue weighted by Gasteiger charge is -2.42. The van der Waals surface area contributed by atoms with Crippen LogP contribution in [-0.2, 0) is 65.5 Å². The van der Waals surface area contributed by atoms with E-state index in [0.717, 1.165) is 23.1 Å². The van der Waals surface area contributed by atoms with Crippen molar-refractivity contribution in [2.24, 2.45) is 23.0 Å². The van der Waals surface area contributed by atoms with E-state index in [-0.39, 0.29) is 54.5 Å². The first-order chi connectivity index (χ1) is 42.7. The number of rotatable bonds is 23. The van der Waals surface area contributed by atoms with Crippen LogP contribution in [0.5, 0.6) is 11.5 Å². The smallest absolute Gasteiger partial charge is 0.418 e. The summed E-state index contributed by atoms with van der Waals surface area (Å²) < 4.78 is 40.3. The number of nitrogens with zero attached hydrogens (tertiary/aromatic N) is 3. The molecule has 0 unspecified atom stereocenters. The number of nitrogens with two attached hydrogens (primary N) is 1. The number of halogens is 1. The Kier molecular flexibility index (Phi) is 26.2. The van der Waals surface area contributed by atoms with Gasteiger partial charge in [-0.15, -0.1) is 0 Å². The third kappa shape index (κ3) is 20.2. The maximum absolute atomic E-state index is 14.4. The highest BCUT2D eigenvalue weighted by Gasteiger charge is 2.64. The summed E-state index contributed by atoms with van der Waals surface area (Å²) in [6.07, 6.45) is 0.278. The summed E-state index contributed by atoms with van der Waals surface area (Å²) in [7, 11) is 8.02. The van der Waals surface area contributed by atoms with Crippen molar-refractivity contribution in [1.82, 2.24) is 31.1 Å². The molecule has 8 N–H and O–H groups in total. The van der Waals surface area contributed by atoms with Gasteiger partial charge in [0.1, 0.15) is 71.5 Å². The van der Waals surface area contributed by atoms with E-state index in [1.165, 1.54) is 58.5 Å². The van der Waals surface area contributed by atoms with E-state index in [1.807, 2.05) is 33.8 Å². The van der Waals surface area contributed by atoms with Crippen LogP contribution in [0.3, 0.4) is 0 Å². The van der Waals surface area contributed by atoms with Crippen LogP contribution >= 0.6 is 11.6 Å². The summed E-state index contributed by atoms with van der Waals surface area (Å²) in [5.74, 6) is -3.82. The number of anilines is 2. The number of alkyl carbamates (subject to hydrolysis) is 1. The van der Waals surface area contributed by atoms with E-state index in [0.29, 0.717) is 47.6 Å². The summed E-state index contributed by atoms with van der Waals surface area (Å²) in [6, 6.07) is 3.93. The van der Waals surface area contributed by atoms with E-state index in [4.69, 9.17) is 50.5 Å². The van der Waals surface area contributed by atoms with Crippen molar-refractivity contribution in [2.45, 2.75) is 168 Å². The Labute approximate surface area is 536 Å². The third-order valence-electron chi connectivity index (χ3n) is 16.1. The van der Waals surface area contributed by atoms with Crippen LogP contribution in [0.15, 0.2) is 54.1 Å². The molecule has 27 nitrogen and oxygen atoms in total. The minimum atomic E-state index is -1.93. The number of epoxide rings is 1. The van der Waals surface area contributed by atoms with E-state index in [1.54, 1.807) is 52.0 Å². The predicted octanol–water partition coefficient (Wildman–Crippen LogP) is 6.18. The Morgan fingerprint density at radius 2 is 1.64 bits per heavy atom. The van der Waals surface area contributed by atoms with E-state index in [2.05, 4.69) is 26.6 Å². The number of hydrogen-bond acceptors (Lipinski definition) is 18. The first-order valence-corrected chi connectivity index (χ1v) is 30.4. The molecule has 5 rings (SSSR count). The van der Waals surface area contributed by atoms with Crippen molar-refractivity contribution >= 4 is 82.6 Å². The average Bonchev–Trinajstić information content (AvgIpc) is 1.59. The zero-order chi connectivity index (χ0) is 67.9. The Morgan fingerprint density at radius 3 is 2.27 bits per heavy atom. The lowest BCUT2D eigenvalue weighted by Crippen LogP contribution is -2.63. The second kappa shape index (κ2) is 32.3. The second-order valence-electron chi connectivity index (χ2n) is 24.7. The van der Waals surface area contributed by atoms with E-state index >= 15 is 0 Å². The number of primary amides is 1. The van der Waals surface area contributed by atoms with Gasteiger partial charge in [0.25, 0.3) is 0 Å². The molecule has 0 radical (unpaired) electrons. The summed E-state index contributed by atoms with van der Waals surface area (Å²) in [6.45, 7) is 13.1. The molecule has 2 aromatic rings. The number of allylic oxidation sites excluding steroid dienone is 3. The largest absolute Gasteiger partial charge is 0.495 e. The molecule has 502 valence electrons. The Bertz CT molecular complexity index is 3080. The van der Waals surface area contributed by atoms with Crippen LogP contribution in [-0.4, -0.2) is 178 Å². The topological polar surface area (TPSA) is 355 Å². The number of carbonyl (C=O) groups excluding carboxylic acids is 10. The first-order valence-electron chi connectivity index (χ1n) is 30.0. The number of benzene rings is 2. The molecule has 4 bridgehead atoms. The van der Waals surface area contributed by atoms with Gasteiger partial charge in [0.2, 0.25) is 23.6 Å². The molecule has 3 aliphatic rings. The van der Waals surface area contributed by atoms with Crippen molar-refractivity contribution in [3.63, 3.8) is 0 Å². The number of imide groups is 1. The minimum absolute atomic E-state index is 0.0355. The molecule has 2 saturated heterocycles. The zero-order valence-corrected chi connectivity index (χ0v) is 55.2. The van der Waals surface area contributed by atoms with Gasteiger partial charge in [0.05, 0.1) is 38.1 Å². The molecule has 0 aromatic heterocycles. The zero-order valence-electron chi connectivity index (χ0n) is 54.4. The number of hydrogen-bond donors (Lipinski definition) is 7. The lowest BCUT2D eigenvalue weighted by molar-refractivity contribution is -0.154. The van der Waals surface area contributed by atoms with Gasteiger partial charge in [-0.05, 0) is 87.3 Å². The van der Waals surface area contributed by atoms with Crippen LogP contribution < -0.4 is 46.7 Å². The van der Waals surface area contributed by atoms with E-state index < -0.39 is 138 Å². The van der Waals surface area contributed by atoms with Gasteiger partial charge in [-0.1, -0.05) is 83.0 Å². The summed E-state index contributed by atoms with van der Waals surface area (Å²) in [4.78, 5) is 136. The highest BCUT2D eigenvalue weighted by atomic mass is 35.5. The number of ether oxygens (including phenoxy) is 7. The van der Waals surface area contributed by atoms with E-state index in [9.17, 15) is 53.1 Å². The van der Waals surface area contributed by atoms with Crippen LogP contribution in [0, 0.1) is 17.3 Å². The average molecular weight is 1300 g/mol. The Morgan fingerprint density at radius 1 is 0.956 bits per heavy atom. The highest BCUT2D eigenvalue weighted by Crippen LogP contribution is 2.49. The third-order valence-corrected chi connectivity index (χ3v) is 16.5. The first kappa shape index (κ1) is 73.7. The van der Waals surface area contributed by atoms with Gasteiger partial charge >= 0.3 is 30.2 Å². The number of methoxy groups -OCH3 is 3. The van der Waals surface area contributed by atoms with Gasteiger partial charge in [-0.25, -0.2) is 24.1 Å². The van der Waals surface area contributed by atoms with Gasteiger partial charge in [-0.3, -0.25) is 34.1 Å². The van der Waals surface area contributed by atoms with Gasteiger partial charge in [0, 0.05) is 65.4 Å². The quantitative estimate of drug-likeness (QED) is 0.0282. The SMILES string of the molecule is COc1cc(COC(=O)N(C)C(=O)N(C)CC(=O)O[C@H]2CC(=O)N(C)c3cc(cc(OC)c3Cl)C/C(C)=C/C=C/[C@@H](OC)[C@@]3(O)C[C@H](OC(=O)N3)[C@@H](C)[C@@H]3O[C@@]23C)ccc1NC(=O)[C@H](CCCNC(N)=O)NC(=O)[C@@H](NC(=O)CCCCC(=O)C(C)(C)C)C(C)C. The number of aliphatic hydroxyl groups is 1. The fraction of sp³-hybridized carbons (Fsp3) is 0.587. The molecular weight excluding hydrogens is 1210 g/mol. The standard InChI is InChI=1S/C63H90ClN9O18/c1-35(2)53(69-49(75)23-16-15-21-46(74)61(5,6)7)56(79)68-41(20-18-26-66-57(65)80)55(78)67-40-25-24-38(29-43(40)85-12)34-88-60(83)73(11)59(82)71(9)33-51(77)90-48-31-50(76)72(10)42-28-39(30-44(86-13)52(42)64)27-36(3)19-17-22-47(87-14)63(84)32-45(89-58(81)70-63)37(4)54-62(48,8)91-54/h17,19,22,24-25,28-30,35,37,41,45,47-48,53-54,84H,15-16,18,20-21,23,26-27,31-34H2,1-14H3,(H,67,78)(H,68,79)(H,69,75)(H,70,81)(H3,65,66,80)/b22-17+,36-19+/t37-,41+,45+,47-,48+,53+,54+,62+,63+/m1/s1. The minimum Gasteiger partial charge on any atom is -0.495 e. The molecule has 3 aliphatic heterocycles. The summed E-state index contributed by atoms with van der Waals surface area (Å²) >= 11 is 6.82. The number of urea groups is 2. The number of nitrogens with one attached hydrogen (secondary N) is 5. The van der Waals surface area contributed by atoms with Gasteiger partial charge in [0.15, 0.2) is 5.72 Å². The number of esters is 1. The molecule has 0 spiro atoms. The van der Waals surface area contributed by atoms with Crippen LogP contribution in [0.2, 0.25) is 5.02 Å². The van der Waals surface area contributed by atoms with Crippen molar-refractivity contribution in [3.8, 4) is 11.5 Å². The molecule has 91 heavy (non-hydrogen) atoms. The number of amides is 10. The second-order valence-corrected chi connectivity index (χ2v) is 25.1. The molecule has 28 heteroatoms. The fourth-order valence-corrected chi connectivity index (χ4v) is 10.9. The Balaban J connectivity index is 1.26. The number of ketones is 1. The molecular formula is C63H90ClN9O18. The maximum atomic E-state index is 14.4. The lowest BCUT2D eigenvalue weighted by atomic mass is 9.83. The normalized spacial score (nSPS) is 23.2. The monoisotopic (exact) mass is 1300 g/mol. The Hall–Kier alpha value is -8.01. The molecule has 10 amide bonds. The van der Waals surface area contributed by atoms with Crippen molar-refractivity contribution < 1.29 is 86.2 Å². The van der Waals surface area contributed by atoms with Crippen LogP contribution in [0.1, 0.15) is 118 Å². The summed E-state index contributed by atoms with van der Waals surface area (Å²) in [5, 5.41) is 25.2. The fourth-order valence-electron chi connectivity index (χ4n) is 10.6. The van der Waals surface area contributed by atoms with Crippen molar-refractivity contribution in [1.29, 1.82) is 0 Å². The number of likely N-dealkylation sites (N-methyl/N-ethyl adjacent to an activating group) is 1. The molecule has 2 aromatic carbocycles. The number of Topliss-reactive ketones (excluding diaryl/α,β-unsaturated/α-hetero) is 1. The number of carbonyl (C=O) groups is 10. The molecule has 0 aliphatic carbocycles. The molecule has 2 fully saturated rings. The highest BCUT2D eigenvalue weighted by molar-refractivity contribution is 6.35. The van der Waals surface area contributed by atoms with Crippen LogP contribution in [0.4, 0.5) is 30.6 Å². The number of fused-ring (bicyclic) bond motifs is 5. The summed E-state index contributed by atoms with van der Waals surface area (Å²) in [5.41, 5.74) is 3.81. The van der Waals surface area contributed by atoms with Crippen molar-refractivity contribution in [3.05, 3.63) is 70.3 Å². The van der Waals surface area contributed by atoms with Crippen LogP contribution in [0.25, 0.3) is 0 Å². The molecule has 9 atom stereocenters. The van der Waals surface area contributed by atoms with Gasteiger partial charge in [-0.2, -0.15) is 0 Å². The maximum Gasteiger partial charge on any atom is 0.418 e. The van der Waals surface area contributed by atoms with Crippen molar-refractivity contribution in [2.75, 3.05) is 65.8 Å². The number of unbranched alkanes of at least 4 members (excludes halogenated alkanes) is 1. The molecule has 3 heterocycles.